The van der Waals surface area contributed by atoms with Crippen molar-refractivity contribution in [3.8, 4) is 0 Å². The van der Waals surface area contributed by atoms with Crippen LogP contribution in [0.15, 0.2) is 40.9 Å². The predicted molar refractivity (Wildman–Crippen MR) is 86.9 cm³/mol. The summed E-state index contributed by atoms with van der Waals surface area (Å²) in [6, 6.07) is 9.98. The van der Waals surface area contributed by atoms with E-state index in [9.17, 15) is 4.39 Å². The number of anilines is 2. The van der Waals surface area contributed by atoms with Gasteiger partial charge in [0.1, 0.15) is 5.82 Å². The molecule has 0 saturated carbocycles. The van der Waals surface area contributed by atoms with Crippen LogP contribution in [0, 0.1) is 5.82 Å². The third-order valence-corrected chi connectivity index (χ3v) is 4.10. The van der Waals surface area contributed by atoms with Gasteiger partial charge < -0.3 is 5.32 Å². The van der Waals surface area contributed by atoms with Gasteiger partial charge in [-0.3, -0.25) is 0 Å². The first-order valence-electron chi connectivity index (χ1n) is 5.89. The van der Waals surface area contributed by atoms with Gasteiger partial charge in [0.05, 0.1) is 10.7 Å². The lowest BCUT2D eigenvalue weighted by molar-refractivity contribution is 0.627. The summed E-state index contributed by atoms with van der Waals surface area (Å²) in [5.41, 5.74) is 0.514. The van der Waals surface area contributed by atoms with Gasteiger partial charge in [-0.25, -0.2) is 4.39 Å². The van der Waals surface area contributed by atoms with Crippen molar-refractivity contribution in [2.24, 2.45) is 0 Å². The fourth-order valence-electron chi connectivity index (χ4n) is 1.94. The van der Waals surface area contributed by atoms with Crippen LogP contribution in [0.2, 0.25) is 10.2 Å². The second-order valence-electron chi connectivity index (χ2n) is 4.25. The van der Waals surface area contributed by atoms with E-state index < -0.39 is 5.82 Å². The van der Waals surface area contributed by atoms with E-state index in [0.717, 1.165) is 10.8 Å². The number of benzene rings is 2. The number of aromatic nitrogens is 2. The van der Waals surface area contributed by atoms with Crippen LogP contribution in [0.25, 0.3) is 10.8 Å². The fourth-order valence-corrected chi connectivity index (χ4v) is 3.04. The summed E-state index contributed by atoms with van der Waals surface area (Å²) >= 11 is 15.4. The van der Waals surface area contributed by atoms with Crippen LogP contribution >= 0.6 is 39.1 Å². The van der Waals surface area contributed by atoms with E-state index in [1.807, 2.05) is 24.3 Å². The molecule has 0 spiro atoms. The smallest absolute Gasteiger partial charge is 0.161 e. The van der Waals surface area contributed by atoms with Crippen molar-refractivity contribution >= 4 is 61.4 Å². The Labute approximate surface area is 138 Å². The summed E-state index contributed by atoms with van der Waals surface area (Å²) in [6.45, 7) is 0. The molecular weight excluding hydrogens is 380 g/mol. The van der Waals surface area contributed by atoms with Gasteiger partial charge in [-0.05, 0) is 28.1 Å². The number of fused-ring (bicyclic) bond motifs is 1. The number of nitrogens with one attached hydrogen (secondary N) is 1. The van der Waals surface area contributed by atoms with E-state index in [4.69, 9.17) is 23.2 Å². The first-order valence-corrected chi connectivity index (χ1v) is 7.43. The molecule has 1 heterocycles. The van der Waals surface area contributed by atoms with Gasteiger partial charge >= 0.3 is 0 Å². The SMILES string of the molecule is Fc1cc(Cl)c(Nc2nnc(Cl)c3ccccc23)c(Br)c1. The van der Waals surface area contributed by atoms with Gasteiger partial charge in [0, 0.05) is 15.2 Å². The molecule has 0 amide bonds. The van der Waals surface area contributed by atoms with Crippen LogP contribution < -0.4 is 5.32 Å². The highest BCUT2D eigenvalue weighted by atomic mass is 79.9. The minimum atomic E-state index is -0.426. The number of nitrogens with zero attached hydrogens (tertiary/aromatic N) is 2. The van der Waals surface area contributed by atoms with Crippen molar-refractivity contribution in [3.63, 3.8) is 0 Å². The molecule has 1 aromatic heterocycles. The molecule has 2 aromatic carbocycles. The van der Waals surface area contributed by atoms with E-state index in [2.05, 4.69) is 31.4 Å². The summed E-state index contributed by atoms with van der Waals surface area (Å²) in [6.07, 6.45) is 0. The van der Waals surface area contributed by atoms with E-state index >= 15 is 0 Å². The number of hydrogen-bond acceptors (Lipinski definition) is 3. The molecule has 0 fully saturated rings. The molecule has 21 heavy (non-hydrogen) atoms. The molecule has 0 radical (unpaired) electrons. The highest BCUT2D eigenvalue weighted by molar-refractivity contribution is 9.10. The zero-order valence-electron chi connectivity index (χ0n) is 10.4. The molecule has 1 N–H and O–H groups in total. The topological polar surface area (TPSA) is 37.8 Å². The summed E-state index contributed by atoms with van der Waals surface area (Å²) in [4.78, 5) is 0. The van der Waals surface area contributed by atoms with Crippen molar-refractivity contribution in [1.82, 2.24) is 10.2 Å². The maximum Gasteiger partial charge on any atom is 0.161 e. The van der Waals surface area contributed by atoms with Gasteiger partial charge in [-0.2, -0.15) is 0 Å². The van der Waals surface area contributed by atoms with Gasteiger partial charge in [-0.1, -0.05) is 47.5 Å². The zero-order chi connectivity index (χ0) is 15.0. The van der Waals surface area contributed by atoms with Crippen molar-refractivity contribution in [1.29, 1.82) is 0 Å². The molecule has 3 rings (SSSR count). The second kappa shape index (κ2) is 5.75. The Kier molecular flexibility index (Phi) is 3.97. The number of rotatable bonds is 2. The number of hydrogen-bond donors (Lipinski definition) is 1. The fraction of sp³-hybridized carbons (Fsp3) is 0. The van der Waals surface area contributed by atoms with Gasteiger partial charge in [-0.15, -0.1) is 10.2 Å². The minimum absolute atomic E-state index is 0.239. The third-order valence-electron chi connectivity index (χ3n) is 2.89. The van der Waals surface area contributed by atoms with Gasteiger partial charge in [0.2, 0.25) is 0 Å². The van der Waals surface area contributed by atoms with E-state index in [1.54, 1.807) is 0 Å². The van der Waals surface area contributed by atoms with Crippen LogP contribution in [0.4, 0.5) is 15.9 Å². The van der Waals surface area contributed by atoms with Gasteiger partial charge in [0.15, 0.2) is 11.0 Å². The molecule has 0 unspecified atom stereocenters. The van der Waals surface area contributed by atoms with Crippen molar-refractivity contribution in [2.75, 3.05) is 5.32 Å². The van der Waals surface area contributed by atoms with Crippen LogP contribution in [-0.2, 0) is 0 Å². The largest absolute Gasteiger partial charge is 0.336 e. The molecule has 0 aliphatic rings. The Morgan fingerprint density at radius 2 is 1.76 bits per heavy atom. The average molecular weight is 387 g/mol. The van der Waals surface area contributed by atoms with Crippen LogP contribution in [0.5, 0.6) is 0 Å². The van der Waals surface area contributed by atoms with Crippen LogP contribution in [-0.4, -0.2) is 10.2 Å². The lowest BCUT2D eigenvalue weighted by Crippen LogP contribution is -1.99. The standard InChI is InChI=1S/C14H7BrCl2FN3/c15-10-5-7(18)6-11(16)12(10)19-14-9-4-2-1-3-8(9)13(17)20-21-14/h1-6H,(H,19,21). The predicted octanol–water partition coefficient (Wildman–Crippen LogP) is 5.58. The van der Waals surface area contributed by atoms with Crippen LogP contribution in [0.1, 0.15) is 0 Å². The molecule has 0 bridgehead atoms. The molecule has 7 heteroatoms. The Bertz CT molecular complexity index is 819. The Balaban J connectivity index is 2.13. The maximum atomic E-state index is 13.3. The molecule has 3 aromatic rings. The highest BCUT2D eigenvalue weighted by Crippen LogP contribution is 2.35. The quantitative estimate of drug-likeness (QED) is 0.624. The summed E-state index contributed by atoms with van der Waals surface area (Å²) in [7, 11) is 0. The van der Waals surface area contributed by atoms with Crippen molar-refractivity contribution in [2.45, 2.75) is 0 Å². The van der Waals surface area contributed by atoms with Crippen LogP contribution in [0.3, 0.4) is 0 Å². The Morgan fingerprint density at radius 1 is 1.05 bits per heavy atom. The third kappa shape index (κ3) is 2.81. The first-order chi connectivity index (χ1) is 10.1. The monoisotopic (exact) mass is 385 g/mol. The molecular formula is C14H7BrCl2FN3. The number of halogens is 4. The molecule has 106 valence electrons. The van der Waals surface area contributed by atoms with Gasteiger partial charge in [0.25, 0.3) is 0 Å². The molecule has 0 saturated heterocycles. The average Bonchev–Trinajstić information content (AvgIpc) is 2.45. The molecule has 0 atom stereocenters. The second-order valence-corrected chi connectivity index (χ2v) is 5.87. The highest BCUT2D eigenvalue weighted by Gasteiger charge is 2.12. The summed E-state index contributed by atoms with van der Waals surface area (Å²) in [5, 5.41) is 13.1. The van der Waals surface area contributed by atoms with E-state index in [1.165, 1.54) is 12.1 Å². The van der Waals surface area contributed by atoms with E-state index in [-0.39, 0.29) is 5.02 Å². The molecule has 0 aliphatic carbocycles. The van der Waals surface area contributed by atoms with E-state index in [0.29, 0.717) is 21.1 Å². The summed E-state index contributed by atoms with van der Waals surface area (Å²) < 4.78 is 13.8. The summed E-state index contributed by atoms with van der Waals surface area (Å²) in [5.74, 6) is 0.0636. The molecule has 3 nitrogen and oxygen atoms in total. The Morgan fingerprint density at radius 3 is 2.48 bits per heavy atom. The molecule has 0 aliphatic heterocycles. The van der Waals surface area contributed by atoms with Crippen molar-refractivity contribution < 1.29 is 4.39 Å². The lowest BCUT2D eigenvalue weighted by atomic mass is 10.2. The maximum absolute atomic E-state index is 13.3. The normalized spacial score (nSPS) is 10.9. The minimum Gasteiger partial charge on any atom is -0.336 e. The Hall–Kier alpha value is -1.43. The van der Waals surface area contributed by atoms with Crippen molar-refractivity contribution in [3.05, 3.63) is 56.9 Å². The first kappa shape index (κ1) is 14.5. The lowest BCUT2D eigenvalue weighted by Gasteiger charge is -2.12. The zero-order valence-corrected chi connectivity index (χ0v) is 13.5.